The Morgan fingerprint density at radius 1 is 0.848 bits per heavy atom. The number of benzene rings is 3. The number of carbonyl (C=O) groups is 2. The molecule has 0 atom stereocenters. The molecule has 1 fully saturated rings. The Morgan fingerprint density at radius 2 is 1.55 bits per heavy atom. The van der Waals surface area contributed by atoms with Crippen LogP contribution in [0.3, 0.4) is 0 Å². The molecule has 0 aliphatic carbocycles. The van der Waals surface area contributed by atoms with Gasteiger partial charge in [0.1, 0.15) is 0 Å². The average Bonchev–Trinajstić information content (AvgIpc) is 2.84. The Morgan fingerprint density at radius 3 is 2.21 bits per heavy atom. The zero-order chi connectivity index (χ0) is 23.2. The van der Waals surface area contributed by atoms with Crippen molar-refractivity contribution in [2.45, 2.75) is 0 Å². The summed E-state index contributed by atoms with van der Waals surface area (Å²) in [6, 6.07) is 22.0. The van der Waals surface area contributed by atoms with E-state index in [4.69, 9.17) is 23.2 Å². The van der Waals surface area contributed by atoms with Gasteiger partial charge < -0.3 is 15.1 Å². The third kappa shape index (κ3) is 5.95. The molecule has 3 aromatic rings. The van der Waals surface area contributed by atoms with Crippen LogP contribution in [-0.4, -0.2) is 42.9 Å². The van der Waals surface area contributed by atoms with E-state index in [1.165, 1.54) is 6.08 Å². The number of hydrogen-bond donors (Lipinski definition) is 1. The van der Waals surface area contributed by atoms with Crippen LogP contribution in [0.5, 0.6) is 0 Å². The molecule has 1 aliphatic heterocycles. The van der Waals surface area contributed by atoms with Gasteiger partial charge in [-0.05, 0) is 54.1 Å². The van der Waals surface area contributed by atoms with Gasteiger partial charge in [0.15, 0.2) is 0 Å². The fraction of sp³-hybridized carbons (Fsp3) is 0.154. The lowest BCUT2D eigenvalue weighted by atomic mass is 10.1. The van der Waals surface area contributed by atoms with Crippen LogP contribution in [0.25, 0.3) is 6.08 Å². The molecule has 0 aromatic heterocycles. The number of amides is 2. The lowest BCUT2D eigenvalue weighted by Gasteiger charge is -2.36. The predicted molar refractivity (Wildman–Crippen MR) is 135 cm³/mol. The van der Waals surface area contributed by atoms with E-state index in [1.807, 2.05) is 59.5 Å². The largest absolute Gasteiger partial charge is 0.367 e. The van der Waals surface area contributed by atoms with Crippen LogP contribution in [0.4, 0.5) is 11.4 Å². The molecular formula is C26H23Cl2N3O2. The number of nitrogens with zero attached hydrogens (tertiary/aromatic N) is 2. The quantitative estimate of drug-likeness (QED) is 0.484. The normalized spacial score (nSPS) is 13.9. The maximum absolute atomic E-state index is 12.6. The molecule has 0 radical (unpaired) electrons. The first-order chi connectivity index (χ1) is 16.0. The molecule has 0 bridgehead atoms. The van der Waals surface area contributed by atoms with E-state index in [9.17, 15) is 9.59 Å². The lowest BCUT2D eigenvalue weighted by molar-refractivity contribution is -0.111. The predicted octanol–water partition coefficient (Wildman–Crippen LogP) is 5.61. The second kappa shape index (κ2) is 10.6. The zero-order valence-electron chi connectivity index (χ0n) is 17.9. The van der Waals surface area contributed by atoms with E-state index in [-0.39, 0.29) is 11.8 Å². The molecule has 2 amide bonds. The Kier molecular flexibility index (Phi) is 7.33. The van der Waals surface area contributed by atoms with Crippen molar-refractivity contribution in [2.24, 2.45) is 0 Å². The van der Waals surface area contributed by atoms with E-state index in [0.717, 1.165) is 11.3 Å². The van der Waals surface area contributed by atoms with Crippen LogP contribution in [0, 0.1) is 0 Å². The molecular weight excluding hydrogens is 457 g/mol. The second-order valence-corrected chi connectivity index (χ2v) is 8.53. The van der Waals surface area contributed by atoms with E-state index in [1.54, 1.807) is 24.3 Å². The van der Waals surface area contributed by atoms with Crippen LogP contribution in [0.2, 0.25) is 10.0 Å². The maximum atomic E-state index is 12.6. The number of anilines is 2. The SMILES string of the molecule is O=C(/C=C/c1ccc(Cl)cc1)Nc1ccc(N2CCN(C(=O)c3ccccc3)CC2)c(Cl)c1. The zero-order valence-corrected chi connectivity index (χ0v) is 19.4. The molecule has 33 heavy (non-hydrogen) atoms. The fourth-order valence-corrected chi connectivity index (χ4v) is 4.11. The van der Waals surface area contributed by atoms with Gasteiger partial charge in [-0.3, -0.25) is 9.59 Å². The van der Waals surface area contributed by atoms with Crippen molar-refractivity contribution < 1.29 is 9.59 Å². The van der Waals surface area contributed by atoms with Crippen molar-refractivity contribution in [3.63, 3.8) is 0 Å². The summed E-state index contributed by atoms with van der Waals surface area (Å²) in [7, 11) is 0. The highest BCUT2D eigenvalue weighted by atomic mass is 35.5. The molecule has 5 nitrogen and oxygen atoms in total. The highest BCUT2D eigenvalue weighted by molar-refractivity contribution is 6.33. The van der Waals surface area contributed by atoms with E-state index < -0.39 is 0 Å². The third-order valence-corrected chi connectivity index (χ3v) is 6.00. The summed E-state index contributed by atoms with van der Waals surface area (Å²) in [5.41, 5.74) is 3.09. The number of carbonyl (C=O) groups excluding carboxylic acids is 2. The molecule has 0 saturated carbocycles. The fourth-order valence-electron chi connectivity index (χ4n) is 3.68. The first-order valence-corrected chi connectivity index (χ1v) is 11.4. The van der Waals surface area contributed by atoms with Crippen LogP contribution in [0.15, 0.2) is 78.9 Å². The van der Waals surface area contributed by atoms with E-state index >= 15 is 0 Å². The van der Waals surface area contributed by atoms with Crippen molar-refractivity contribution in [2.75, 3.05) is 36.4 Å². The molecule has 168 valence electrons. The summed E-state index contributed by atoms with van der Waals surface area (Å²) < 4.78 is 0. The maximum Gasteiger partial charge on any atom is 0.253 e. The monoisotopic (exact) mass is 479 g/mol. The van der Waals surface area contributed by atoms with Gasteiger partial charge in [-0.15, -0.1) is 0 Å². The van der Waals surface area contributed by atoms with Gasteiger partial charge in [-0.25, -0.2) is 0 Å². The molecule has 1 N–H and O–H groups in total. The van der Waals surface area contributed by atoms with Gasteiger partial charge in [0, 0.05) is 48.5 Å². The van der Waals surface area contributed by atoms with E-state index in [0.29, 0.717) is 47.5 Å². The van der Waals surface area contributed by atoms with Crippen molar-refractivity contribution in [3.05, 3.63) is 100 Å². The molecule has 7 heteroatoms. The molecule has 3 aromatic carbocycles. The van der Waals surface area contributed by atoms with Crippen LogP contribution >= 0.6 is 23.2 Å². The molecule has 0 unspecified atom stereocenters. The van der Waals surface area contributed by atoms with Gasteiger partial charge in [-0.1, -0.05) is 53.5 Å². The first-order valence-electron chi connectivity index (χ1n) is 10.6. The van der Waals surface area contributed by atoms with Gasteiger partial charge >= 0.3 is 0 Å². The Balaban J connectivity index is 1.33. The van der Waals surface area contributed by atoms with Crippen molar-refractivity contribution in [3.8, 4) is 0 Å². The third-order valence-electron chi connectivity index (χ3n) is 5.44. The molecule has 1 aliphatic rings. The topological polar surface area (TPSA) is 52.7 Å². The summed E-state index contributed by atoms with van der Waals surface area (Å²) in [4.78, 5) is 28.9. The molecule has 4 rings (SSSR count). The Labute approximate surface area is 203 Å². The summed E-state index contributed by atoms with van der Waals surface area (Å²) in [5, 5.41) is 4.03. The number of rotatable bonds is 5. The number of hydrogen-bond acceptors (Lipinski definition) is 3. The van der Waals surface area contributed by atoms with Crippen molar-refractivity contribution in [1.29, 1.82) is 0 Å². The highest BCUT2D eigenvalue weighted by Crippen LogP contribution is 2.30. The molecule has 0 spiro atoms. The van der Waals surface area contributed by atoms with Gasteiger partial charge in [-0.2, -0.15) is 0 Å². The highest BCUT2D eigenvalue weighted by Gasteiger charge is 2.23. The van der Waals surface area contributed by atoms with Gasteiger partial charge in [0.25, 0.3) is 5.91 Å². The molecule has 1 heterocycles. The van der Waals surface area contributed by atoms with Gasteiger partial charge in [0.05, 0.1) is 10.7 Å². The van der Waals surface area contributed by atoms with Crippen LogP contribution in [0.1, 0.15) is 15.9 Å². The molecule has 1 saturated heterocycles. The lowest BCUT2D eigenvalue weighted by Crippen LogP contribution is -2.48. The number of piperazine rings is 1. The average molecular weight is 480 g/mol. The standard InChI is InChI=1S/C26H23Cl2N3O2/c27-21-9-6-19(7-10-21)8-13-25(32)29-22-11-12-24(23(28)18-22)30-14-16-31(17-15-30)26(33)20-4-2-1-3-5-20/h1-13,18H,14-17H2,(H,29,32)/b13-8+. The number of halogens is 2. The second-order valence-electron chi connectivity index (χ2n) is 7.69. The summed E-state index contributed by atoms with van der Waals surface area (Å²) >= 11 is 12.4. The summed E-state index contributed by atoms with van der Waals surface area (Å²) in [6.45, 7) is 2.62. The first kappa shape index (κ1) is 22.9. The van der Waals surface area contributed by atoms with Crippen LogP contribution < -0.4 is 10.2 Å². The minimum Gasteiger partial charge on any atom is -0.367 e. The van der Waals surface area contributed by atoms with Crippen LogP contribution in [-0.2, 0) is 4.79 Å². The Hall–Kier alpha value is -3.28. The minimum atomic E-state index is -0.248. The summed E-state index contributed by atoms with van der Waals surface area (Å²) in [5.74, 6) is -0.201. The van der Waals surface area contributed by atoms with E-state index in [2.05, 4.69) is 10.2 Å². The summed E-state index contributed by atoms with van der Waals surface area (Å²) in [6.07, 6.45) is 3.19. The smallest absolute Gasteiger partial charge is 0.253 e. The Bertz CT molecular complexity index is 1160. The number of nitrogens with one attached hydrogen (secondary N) is 1. The van der Waals surface area contributed by atoms with Crippen molar-refractivity contribution in [1.82, 2.24) is 4.90 Å². The van der Waals surface area contributed by atoms with Gasteiger partial charge in [0.2, 0.25) is 5.91 Å². The minimum absolute atomic E-state index is 0.0473. The van der Waals surface area contributed by atoms with Crippen molar-refractivity contribution >= 4 is 52.5 Å².